The molecule has 0 aliphatic carbocycles. The van der Waals surface area contributed by atoms with Gasteiger partial charge < -0.3 is 49.4 Å². The van der Waals surface area contributed by atoms with Crippen molar-refractivity contribution in [3.05, 3.63) is 28.8 Å². The molecular weight excluding hydrogens is 462 g/mol. The summed E-state index contributed by atoms with van der Waals surface area (Å²) in [6.45, 7) is 14.0. The Morgan fingerprint density at radius 1 is 0.688 bits per heavy atom. The topological polar surface area (TPSA) is 191 Å². The molecule has 0 aliphatic heterocycles. The first-order chi connectivity index (χ1) is 14.4. The number of rotatable bonds is 6. The molecule has 0 atom stereocenters. The predicted molar refractivity (Wildman–Crippen MR) is 125 cm³/mol. The Morgan fingerprint density at radius 2 is 0.969 bits per heavy atom. The summed E-state index contributed by atoms with van der Waals surface area (Å²) in [6, 6.07) is 4.26. The quantitative estimate of drug-likeness (QED) is 0.256. The molecule has 0 bridgehead atoms. The molecule has 1 rings (SSSR count). The van der Waals surface area contributed by atoms with Crippen molar-refractivity contribution in [2.45, 2.75) is 59.3 Å². The maximum absolute atomic E-state index is 9.56. The second-order valence-corrected chi connectivity index (χ2v) is 10.6. The Hall–Kier alpha value is -0.480. The first kappa shape index (κ1) is 33.7. The van der Waals surface area contributed by atoms with E-state index in [2.05, 4.69) is 60.6 Å². The SMILES string of the molecule is Cc1cc(C(C)(C)C)c(OCC(CO)(CO)CO)c(C(C)(C)C)c1.OP(O)O.OP(O)O. The van der Waals surface area contributed by atoms with Crippen LogP contribution in [0.4, 0.5) is 0 Å². The lowest BCUT2D eigenvalue weighted by Gasteiger charge is -2.33. The molecule has 190 valence electrons. The van der Waals surface area contributed by atoms with E-state index in [9.17, 15) is 15.3 Å². The highest BCUT2D eigenvalue weighted by Gasteiger charge is 2.32. The Bertz CT molecular complexity index is 596. The van der Waals surface area contributed by atoms with Gasteiger partial charge in [0.25, 0.3) is 0 Å². The summed E-state index contributed by atoms with van der Waals surface area (Å²) in [5.41, 5.74) is 2.10. The van der Waals surface area contributed by atoms with E-state index in [1.165, 1.54) is 5.56 Å². The van der Waals surface area contributed by atoms with E-state index in [0.717, 1.165) is 16.9 Å². The van der Waals surface area contributed by atoms with Crippen molar-refractivity contribution in [3.63, 3.8) is 0 Å². The molecule has 0 saturated heterocycles. The Balaban J connectivity index is 0. The molecule has 1 aromatic carbocycles. The third-order valence-electron chi connectivity index (χ3n) is 4.38. The molecule has 9 N–H and O–H groups in total. The minimum absolute atomic E-state index is 0.0612. The zero-order valence-electron chi connectivity index (χ0n) is 19.8. The average molecular weight is 502 g/mol. The van der Waals surface area contributed by atoms with Crippen LogP contribution in [0.1, 0.15) is 58.2 Å². The van der Waals surface area contributed by atoms with Crippen LogP contribution in [-0.4, -0.2) is 71.1 Å². The van der Waals surface area contributed by atoms with Gasteiger partial charge in [-0.05, 0) is 17.8 Å². The fourth-order valence-corrected chi connectivity index (χ4v) is 2.56. The zero-order chi connectivity index (χ0) is 25.9. The minimum atomic E-state index is -2.62. The summed E-state index contributed by atoms with van der Waals surface area (Å²) < 4.78 is 6.13. The first-order valence-electron chi connectivity index (χ1n) is 9.71. The van der Waals surface area contributed by atoms with E-state index in [1.807, 2.05) is 0 Å². The van der Waals surface area contributed by atoms with Crippen molar-refractivity contribution in [1.29, 1.82) is 0 Å². The Kier molecular flexibility index (Phi) is 15.5. The second-order valence-electron chi connectivity index (χ2n) is 9.49. The molecule has 0 saturated carbocycles. The third-order valence-corrected chi connectivity index (χ3v) is 4.38. The van der Waals surface area contributed by atoms with Crippen LogP contribution in [0, 0.1) is 12.3 Å². The summed E-state index contributed by atoms with van der Waals surface area (Å²) in [7, 11) is -5.24. The molecular formula is C20H40O10P2. The normalized spacial score (nSPS) is 12.2. The number of aliphatic hydroxyl groups excluding tert-OH is 3. The first-order valence-corrected chi connectivity index (χ1v) is 12.1. The molecule has 10 nitrogen and oxygen atoms in total. The van der Waals surface area contributed by atoms with Crippen LogP contribution in [0.25, 0.3) is 0 Å². The number of benzene rings is 1. The molecule has 32 heavy (non-hydrogen) atoms. The van der Waals surface area contributed by atoms with Gasteiger partial charge in [0.15, 0.2) is 0 Å². The summed E-state index contributed by atoms with van der Waals surface area (Å²) in [5.74, 6) is 0.792. The van der Waals surface area contributed by atoms with Crippen molar-refractivity contribution in [1.82, 2.24) is 0 Å². The average Bonchev–Trinajstić information content (AvgIpc) is 2.61. The van der Waals surface area contributed by atoms with E-state index < -0.39 is 22.6 Å². The highest BCUT2D eigenvalue weighted by Crippen LogP contribution is 2.41. The van der Waals surface area contributed by atoms with Crippen LogP contribution in [0.2, 0.25) is 0 Å². The van der Waals surface area contributed by atoms with Crippen LogP contribution in [0.15, 0.2) is 12.1 Å². The smallest absolute Gasteiger partial charge is 0.324 e. The summed E-state index contributed by atoms with van der Waals surface area (Å²) >= 11 is 0. The van der Waals surface area contributed by atoms with Crippen LogP contribution < -0.4 is 4.74 Å². The number of ether oxygens (including phenoxy) is 1. The van der Waals surface area contributed by atoms with Crippen LogP contribution in [-0.2, 0) is 10.8 Å². The van der Waals surface area contributed by atoms with E-state index in [4.69, 9.17) is 34.1 Å². The highest BCUT2D eigenvalue weighted by molar-refractivity contribution is 7.38. The zero-order valence-corrected chi connectivity index (χ0v) is 21.6. The molecule has 0 aromatic heterocycles. The second kappa shape index (κ2) is 14.7. The van der Waals surface area contributed by atoms with E-state index >= 15 is 0 Å². The molecule has 12 heteroatoms. The van der Waals surface area contributed by atoms with Crippen LogP contribution >= 0.6 is 17.2 Å². The van der Waals surface area contributed by atoms with Gasteiger partial charge in [-0.15, -0.1) is 0 Å². The summed E-state index contributed by atoms with van der Waals surface area (Å²) in [4.78, 5) is 43.4. The van der Waals surface area contributed by atoms with Crippen LogP contribution in [0.3, 0.4) is 0 Å². The summed E-state index contributed by atoms with van der Waals surface area (Å²) in [5, 5.41) is 28.7. The van der Waals surface area contributed by atoms with Gasteiger partial charge in [0.1, 0.15) is 12.4 Å². The van der Waals surface area contributed by atoms with Gasteiger partial charge in [-0.25, -0.2) is 0 Å². The van der Waals surface area contributed by atoms with E-state index in [-0.39, 0.29) is 37.3 Å². The maximum Gasteiger partial charge on any atom is 0.324 e. The highest BCUT2D eigenvalue weighted by atomic mass is 31.2. The monoisotopic (exact) mass is 502 g/mol. The molecule has 0 unspecified atom stereocenters. The Morgan fingerprint density at radius 3 is 1.19 bits per heavy atom. The number of aryl methyl sites for hydroxylation is 1. The van der Waals surface area contributed by atoms with Gasteiger partial charge >= 0.3 is 17.2 Å². The van der Waals surface area contributed by atoms with Gasteiger partial charge in [0, 0.05) is 11.1 Å². The molecule has 0 heterocycles. The lowest BCUT2D eigenvalue weighted by molar-refractivity contribution is -0.0265. The lowest BCUT2D eigenvalue weighted by Crippen LogP contribution is -2.40. The number of aliphatic hydroxyl groups is 3. The largest absolute Gasteiger partial charge is 0.492 e. The van der Waals surface area contributed by atoms with E-state index in [1.54, 1.807) is 0 Å². The van der Waals surface area contributed by atoms with Crippen molar-refractivity contribution in [2.24, 2.45) is 5.41 Å². The maximum atomic E-state index is 9.56. The van der Waals surface area contributed by atoms with Crippen molar-refractivity contribution in [3.8, 4) is 5.75 Å². The molecule has 1 aromatic rings. The van der Waals surface area contributed by atoms with Crippen LogP contribution in [0.5, 0.6) is 5.75 Å². The molecule has 0 aliphatic rings. The van der Waals surface area contributed by atoms with Crippen molar-refractivity contribution < 1.29 is 49.4 Å². The fourth-order valence-electron chi connectivity index (χ4n) is 2.56. The van der Waals surface area contributed by atoms with Gasteiger partial charge in [0.05, 0.1) is 25.2 Å². The van der Waals surface area contributed by atoms with Crippen molar-refractivity contribution >= 4 is 17.2 Å². The molecule has 0 radical (unpaired) electrons. The fraction of sp³-hybridized carbons (Fsp3) is 0.700. The Labute approximate surface area is 192 Å². The van der Waals surface area contributed by atoms with Crippen molar-refractivity contribution in [2.75, 3.05) is 26.4 Å². The number of hydrogen-bond acceptors (Lipinski definition) is 10. The predicted octanol–water partition coefficient (Wildman–Crippen LogP) is 1.31. The van der Waals surface area contributed by atoms with E-state index in [0.29, 0.717) is 0 Å². The third kappa shape index (κ3) is 13.3. The van der Waals surface area contributed by atoms with Gasteiger partial charge in [-0.3, -0.25) is 0 Å². The minimum Gasteiger partial charge on any atom is -0.492 e. The van der Waals surface area contributed by atoms with Gasteiger partial charge in [0.2, 0.25) is 0 Å². The molecule has 0 amide bonds. The summed E-state index contributed by atoms with van der Waals surface area (Å²) in [6.07, 6.45) is 0. The van der Waals surface area contributed by atoms with Gasteiger partial charge in [-0.1, -0.05) is 59.2 Å². The van der Waals surface area contributed by atoms with Gasteiger partial charge in [-0.2, -0.15) is 0 Å². The molecule has 0 spiro atoms. The standard InChI is InChI=1S/C20H34O4.2H3O3P/c1-14-8-15(18(2,3)4)17(16(9-14)19(5,6)7)24-13-20(10-21,11-22)12-23;2*1-4(2)3/h8-9,21-23H,10-13H2,1-7H3;2*1-3H. The molecule has 0 fully saturated rings. The lowest BCUT2D eigenvalue weighted by atomic mass is 9.78. The number of hydrogen-bond donors (Lipinski definition) is 9.